The van der Waals surface area contributed by atoms with Crippen LogP contribution in [0.4, 0.5) is 5.69 Å². The summed E-state index contributed by atoms with van der Waals surface area (Å²) < 4.78 is 6.91. The zero-order chi connectivity index (χ0) is 23.3. The third kappa shape index (κ3) is 5.45. The van der Waals surface area contributed by atoms with Gasteiger partial charge in [-0.3, -0.25) is 24.3 Å². The number of nitrogens with two attached hydrogens (primary N) is 1. The maximum atomic E-state index is 13.1. The molecule has 0 aliphatic rings. The summed E-state index contributed by atoms with van der Waals surface area (Å²) >= 11 is 7.26. The Morgan fingerprint density at radius 1 is 1.31 bits per heavy atom. The number of thioether (sulfide) groups is 1. The number of ether oxygens (including phenoxy) is 1. The van der Waals surface area contributed by atoms with Gasteiger partial charge in [-0.05, 0) is 37.6 Å². The molecule has 9 nitrogen and oxygen atoms in total. The molecule has 0 aliphatic heterocycles. The van der Waals surface area contributed by atoms with Crippen molar-refractivity contribution in [3.63, 3.8) is 0 Å². The average Bonchev–Trinajstić information content (AvgIpc) is 2.76. The van der Waals surface area contributed by atoms with Crippen molar-refractivity contribution >= 4 is 45.9 Å². The zero-order valence-electron chi connectivity index (χ0n) is 17.2. The summed E-state index contributed by atoms with van der Waals surface area (Å²) in [6.45, 7) is 3.35. The van der Waals surface area contributed by atoms with Gasteiger partial charge in [0.05, 0.1) is 15.8 Å². The number of nitrogens with zero attached hydrogens (tertiary/aromatic N) is 3. The van der Waals surface area contributed by atoms with E-state index in [0.717, 1.165) is 6.07 Å². The highest BCUT2D eigenvalue weighted by atomic mass is 35.5. The summed E-state index contributed by atoms with van der Waals surface area (Å²) in [4.78, 5) is 40.0. The van der Waals surface area contributed by atoms with Crippen LogP contribution in [-0.2, 0) is 17.0 Å². The van der Waals surface area contributed by atoms with Crippen LogP contribution in [0.5, 0.6) is 0 Å². The van der Waals surface area contributed by atoms with Crippen LogP contribution in [0.15, 0.2) is 46.3 Å². The van der Waals surface area contributed by atoms with Gasteiger partial charge in [-0.15, -0.1) is 0 Å². The molecule has 3 rings (SSSR count). The summed E-state index contributed by atoms with van der Waals surface area (Å²) in [6.07, 6.45) is 0.607. The third-order valence-corrected chi connectivity index (χ3v) is 5.94. The molecule has 168 valence electrons. The number of carbonyl (C=O) groups is 1. The van der Waals surface area contributed by atoms with Crippen molar-refractivity contribution in [3.8, 4) is 0 Å². The summed E-state index contributed by atoms with van der Waals surface area (Å²) in [5.41, 5.74) is 5.68. The second-order valence-electron chi connectivity index (χ2n) is 6.82. The fourth-order valence-corrected chi connectivity index (χ4v) is 4.29. The van der Waals surface area contributed by atoms with Gasteiger partial charge in [-0.1, -0.05) is 29.4 Å². The van der Waals surface area contributed by atoms with Crippen LogP contribution in [0, 0.1) is 10.1 Å². The number of rotatable bonds is 10. The van der Waals surface area contributed by atoms with Gasteiger partial charge in [-0.2, -0.15) is 0 Å². The first-order chi connectivity index (χ1) is 15.3. The van der Waals surface area contributed by atoms with Crippen LogP contribution in [-0.4, -0.2) is 33.6 Å². The number of carbonyl (C=O) groups excluding carboxylic acids is 1. The minimum Gasteiger partial charge on any atom is -0.382 e. The van der Waals surface area contributed by atoms with E-state index in [-0.39, 0.29) is 22.6 Å². The van der Waals surface area contributed by atoms with Gasteiger partial charge in [0.25, 0.3) is 11.2 Å². The molecule has 2 N–H and O–H groups in total. The minimum atomic E-state index is -0.747. The fourth-order valence-electron chi connectivity index (χ4n) is 3.10. The summed E-state index contributed by atoms with van der Waals surface area (Å²) in [6, 6.07) is 8.95. The molecule has 0 atom stereocenters. The minimum absolute atomic E-state index is 0.0526. The molecule has 0 saturated carbocycles. The molecular formula is C21H21ClN4O5S. The molecule has 0 aliphatic carbocycles. The van der Waals surface area contributed by atoms with Crippen molar-refractivity contribution in [1.82, 2.24) is 9.55 Å². The van der Waals surface area contributed by atoms with Crippen LogP contribution < -0.4 is 11.3 Å². The van der Waals surface area contributed by atoms with Crippen molar-refractivity contribution in [1.29, 1.82) is 0 Å². The zero-order valence-corrected chi connectivity index (χ0v) is 18.8. The number of fused-ring (bicyclic) bond motifs is 1. The Morgan fingerprint density at radius 3 is 2.78 bits per heavy atom. The molecule has 0 fully saturated rings. The van der Waals surface area contributed by atoms with Crippen molar-refractivity contribution in [2.24, 2.45) is 5.73 Å². The first kappa shape index (κ1) is 23.7. The molecule has 3 aromatic rings. The Morgan fingerprint density at radius 2 is 2.09 bits per heavy atom. The Kier molecular flexibility index (Phi) is 7.84. The highest BCUT2D eigenvalue weighted by Crippen LogP contribution is 2.29. The average molecular weight is 477 g/mol. The number of benzene rings is 2. The standard InChI is InChI=1S/C21H21ClN4O5S/c1-2-31-9-3-8-25-20(28)16-7-6-15(22)11-17(16)24-21(25)32-12-14-5-4-13(19(23)27)10-18(14)26(29)30/h4-7,10-11H,2-3,8-9,12H2,1H3,(H2,23,27). The number of halogens is 1. The van der Waals surface area contributed by atoms with Crippen LogP contribution in [0.1, 0.15) is 29.3 Å². The van der Waals surface area contributed by atoms with Crippen molar-refractivity contribution in [3.05, 3.63) is 73.0 Å². The van der Waals surface area contributed by atoms with Crippen molar-refractivity contribution < 1.29 is 14.5 Å². The Bertz CT molecular complexity index is 1230. The van der Waals surface area contributed by atoms with Crippen LogP contribution in [0.3, 0.4) is 0 Å². The topological polar surface area (TPSA) is 130 Å². The van der Waals surface area contributed by atoms with E-state index in [0.29, 0.717) is 52.8 Å². The van der Waals surface area contributed by atoms with E-state index in [1.165, 1.54) is 23.9 Å². The molecule has 1 amide bonds. The Hall–Kier alpha value is -2.95. The van der Waals surface area contributed by atoms with E-state index in [1.807, 2.05) is 6.92 Å². The fraction of sp³-hybridized carbons (Fsp3) is 0.286. The molecule has 1 heterocycles. The maximum absolute atomic E-state index is 13.1. The molecule has 2 aromatic carbocycles. The SMILES string of the molecule is CCOCCCn1c(SCc2ccc(C(N)=O)cc2[N+](=O)[O-])nc2cc(Cl)ccc2c1=O. The largest absolute Gasteiger partial charge is 0.382 e. The molecule has 0 saturated heterocycles. The lowest BCUT2D eigenvalue weighted by atomic mass is 10.1. The number of aromatic nitrogens is 2. The molecule has 32 heavy (non-hydrogen) atoms. The molecule has 0 radical (unpaired) electrons. The lowest BCUT2D eigenvalue weighted by Crippen LogP contribution is -2.24. The van der Waals surface area contributed by atoms with Crippen molar-refractivity contribution in [2.75, 3.05) is 13.2 Å². The van der Waals surface area contributed by atoms with Crippen LogP contribution in [0.2, 0.25) is 5.02 Å². The van der Waals surface area contributed by atoms with E-state index in [1.54, 1.807) is 22.8 Å². The van der Waals surface area contributed by atoms with Gasteiger partial charge in [0.2, 0.25) is 5.91 Å². The second-order valence-corrected chi connectivity index (χ2v) is 8.20. The lowest BCUT2D eigenvalue weighted by Gasteiger charge is -2.13. The number of hydrogen-bond acceptors (Lipinski definition) is 7. The molecular weight excluding hydrogens is 456 g/mol. The second kappa shape index (κ2) is 10.6. The lowest BCUT2D eigenvalue weighted by molar-refractivity contribution is -0.385. The molecule has 1 aromatic heterocycles. The highest BCUT2D eigenvalue weighted by Gasteiger charge is 2.19. The van der Waals surface area contributed by atoms with Crippen LogP contribution >= 0.6 is 23.4 Å². The van der Waals surface area contributed by atoms with Gasteiger partial charge in [0.1, 0.15) is 0 Å². The molecule has 0 spiro atoms. The predicted octanol–water partition coefficient (Wildman–Crippen LogP) is 3.78. The monoisotopic (exact) mass is 476 g/mol. The first-order valence-electron chi connectivity index (χ1n) is 9.79. The molecule has 0 unspecified atom stereocenters. The number of nitro groups is 1. The number of amides is 1. The normalized spacial score (nSPS) is 11.1. The van der Waals surface area contributed by atoms with Crippen LogP contribution in [0.25, 0.3) is 10.9 Å². The number of nitro benzene ring substituents is 1. The third-order valence-electron chi connectivity index (χ3n) is 4.68. The van der Waals surface area contributed by atoms with E-state index in [2.05, 4.69) is 4.98 Å². The first-order valence-corrected chi connectivity index (χ1v) is 11.2. The number of hydrogen-bond donors (Lipinski definition) is 1. The van der Waals surface area contributed by atoms with E-state index < -0.39 is 10.8 Å². The Balaban J connectivity index is 1.97. The highest BCUT2D eigenvalue weighted by molar-refractivity contribution is 7.98. The molecule has 11 heteroatoms. The Labute approximate surface area is 192 Å². The smallest absolute Gasteiger partial charge is 0.274 e. The quantitative estimate of drug-likeness (QED) is 0.155. The van der Waals surface area contributed by atoms with Gasteiger partial charge in [0, 0.05) is 47.7 Å². The summed E-state index contributed by atoms with van der Waals surface area (Å²) in [5.74, 6) is -0.581. The predicted molar refractivity (Wildman–Crippen MR) is 123 cm³/mol. The van der Waals surface area contributed by atoms with E-state index >= 15 is 0 Å². The summed E-state index contributed by atoms with van der Waals surface area (Å²) in [7, 11) is 0. The van der Waals surface area contributed by atoms with E-state index in [4.69, 9.17) is 22.1 Å². The maximum Gasteiger partial charge on any atom is 0.274 e. The molecule has 0 bridgehead atoms. The summed E-state index contributed by atoms with van der Waals surface area (Å²) in [5, 5.41) is 12.8. The van der Waals surface area contributed by atoms with Gasteiger partial charge in [-0.25, -0.2) is 4.98 Å². The van der Waals surface area contributed by atoms with E-state index in [9.17, 15) is 19.7 Å². The van der Waals surface area contributed by atoms with Gasteiger partial charge < -0.3 is 10.5 Å². The van der Waals surface area contributed by atoms with Gasteiger partial charge in [0.15, 0.2) is 5.16 Å². The number of primary amides is 1. The van der Waals surface area contributed by atoms with Gasteiger partial charge >= 0.3 is 0 Å². The van der Waals surface area contributed by atoms with Crippen molar-refractivity contribution in [2.45, 2.75) is 30.8 Å².